The predicted molar refractivity (Wildman–Crippen MR) is 132 cm³/mol. The molecule has 1 atom stereocenters. The fraction of sp³-hybridized carbons (Fsp3) is 0.308. The Kier molecular flexibility index (Phi) is 10.2. The van der Waals surface area contributed by atoms with Crippen LogP contribution in [0.15, 0.2) is 66.7 Å². The zero-order valence-corrected chi connectivity index (χ0v) is 19.9. The lowest BCUT2D eigenvalue weighted by Crippen LogP contribution is -2.26. The van der Waals surface area contributed by atoms with E-state index < -0.39 is 0 Å². The second kappa shape index (κ2) is 12.6. The summed E-state index contributed by atoms with van der Waals surface area (Å²) in [6, 6.07) is 23.2. The van der Waals surface area contributed by atoms with E-state index in [1.165, 1.54) is 11.1 Å². The van der Waals surface area contributed by atoms with E-state index in [0.29, 0.717) is 29.2 Å². The average molecular weight is 460 g/mol. The molecule has 5 heteroatoms. The third kappa shape index (κ3) is 7.77. The van der Waals surface area contributed by atoms with E-state index in [1.54, 1.807) is 7.11 Å². The molecule has 0 amide bonds. The molecule has 0 aliphatic carbocycles. The highest BCUT2D eigenvalue weighted by molar-refractivity contribution is 6.32. The number of halogens is 2. The first-order chi connectivity index (χ1) is 14.5. The molecular weight excluding hydrogens is 429 g/mol. The third-order valence-corrected chi connectivity index (χ3v) is 5.44. The van der Waals surface area contributed by atoms with Crippen molar-refractivity contribution < 1.29 is 9.47 Å². The Morgan fingerprint density at radius 1 is 0.935 bits per heavy atom. The molecule has 0 bridgehead atoms. The summed E-state index contributed by atoms with van der Waals surface area (Å²) < 4.78 is 11.5. The second-order valence-corrected chi connectivity index (χ2v) is 8.10. The molecule has 1 N–H and O–H groups in total. The molecule has 0 saturated carbocycles. The maximum Gasteiger partial charge on any atom is 0.180 e. The molecular formula is C26H31Cl2NO2. The van der Waals surface area contributed by atoms with Gasteiger partial charge in [0.2, 0.25) is 0 Å². The van der Waals surface area contributed by atoms with Crippen molar-refractivity contribution in [3.8, 4) is 11.5 Å². The van der Waals surface area contributed by atoms with Crippen molar-refractivity contribution in [2.45, 2.75) is 45.9 Å². The topological polar surface area (TPSA) is 30.5 Å². The molecule has 1 unspecified atom stereocenters. The molecule has 0 saturated heterocycles. The fourth-order valence-corrected chi connectivity index (χ4v) is 3.57. The Morgan fingerprint density at radius 3 is 2.32 bits per heavy atom. The fourth-order valence-electron chi connectivity index (χ4n) is 3.28. The molecule has 3 rings (SSSR count). The number of hydrogen-bond acceptors (Lipinski definition) is 3. The van der Waals surface area contributed by atoms with E-state index in [0.717, 1.165) is 30.5 Å². The lowest BCUT2D eigenvalue weighted by molar-refractivity contribution is 0.284. The van der Waals surface area contributed by atoms with Crippen LogP contribution in [0.1, 0.15) is 35.6 Å². The van der Waals surface area contributed by atoms with Crippen LogP contribution >= 0.6 is 24.0 Å². The van der Waals surface area contributed by atoms with Gasteiger partial charge in [-0.1, -0.05) is 71.8 Å². The van der Waals surface area contributed by atoms with Crippen molar-refractivity contribution in [3.63, 3.8) is 0 Å². The smallest absolute Gasteiger partial charge is 0.180 e. The number of ether oxygens (including phenoxy) is 2. The standard InChI is InChI=1S/C26H30ClNO2.ClH/c1-19-9-12-22(13-10-19)18-30-26-24(27)15-23(16-25(26)29-3)17-28-20(2)11-14-21-7-5-4-6-8-21;/h4-10,12-13,15-16,20,28H,11,14,17-18H2,1-3H3;1H. The number of aryl methyl sites for hydroxylation is 2. The normalized spacial score (nSPS) is 11.5. The van der Waals surface area contributed by atoms with Gasteiger partial charge < -0.3 is 14.8 Å². The van der Waals surface area contributed by atoms with Crippen LogP contribution in [0.25, 0.3) is 0 Å². The highest BCUT2D eigenvalue weighted by Gasteiger charge is 2.13. The van der Waals surface area contributed by atoms with E-state index >= 15 is 0 Å². The summed E-state index contributed by atoms with van der Waals surface area (Å²) in [5, 5.41) is 4.14. The van der Waals surface area contributed by atoms with E-state index in [9.17, 15) is 0 Å². The minimum absolute atomic E-state index is 0. The molecule has 31 heavy (non-hydrogen) atoms. The number of nitrogens with one attached hydrogen (secondary N) is 1. The maximum atomic E-state index is 6.53. The van der Waals surface area contributed by atoms with Crippen LogP contribution in [0.2, 0.25) is 5.02 Å². The van der Waals surface area contributed by atoms with Crippen LogP contribution in [0.4, 0.5) is 0 Å². The number of rotatable bonds is 10. The summed E-state index contributed by atoms with van der Waals surface area (Å²) in [6.45, 7) is 5.45. The van der Waals surface area contributed by atoms with Crippen LogP contribution in [-0.4, -0.2) is 13.2 Å². The van der Waals surface area contributed by atoms with Gasteiger partial charge in [-0.3, -0.25) is 0 Å². The Morgan fingerprint density at radius 2 is 1.65 bits per heavy atom. The van der Waals surface area contributed by atoms with E-state index in [2.05, 4.69) is 73.8 Å². The summed E-state index contributed by atoms with van der Waals surface area (Å²) in [6.07, 6.45) is 2.14. The van der Waals surface area contributed by atoms with E-state index in [4.69, 9.17) is 21.1 Å². The number of methoxy groups -OCH3 is 1. The van der Waals surface area contributed by atoms with Crippen molar-refractivity contribution >= 4 is 24.0 Å². The van der Waals surface area contributed by atoms with Crippen molar-refractivity contribution in [2.75, 3.05) is 7.11 Å². The summed E-state index contributed by atoms with van der Waals surface area (Å²) in [4.78, 5) is 0. The molecule has 0 fully saturated rings. The maximum absolute atomic E-state index is 6.53. The quantitative estimate of drug-likeness (QED) is 0.362. The first-order valence-electron chi connectivity index (χ1n) is 10.4. The highest BCUT2D eigenvalue weighted by Crippen LogP contribution is 2.37. The second-order valence-electron chi connectivity index (χ2n) is 7.69. The van der Waals surface area contributed by atoms with Gasteiger partial charge in [0.25, 0.3) is 0 Å². The molecule has 3 aromatic rings. The Labute approximate surface area is 197 Å². The molecule has 0 spiro atoms. The van der Waals surface area contributed by atoms with Gasteiger partial charge in [-0.25, -0.2) is 0 Å². The lowest BCUT2D eigenvalue weighted by Gasteiger charge is -2.17. The number of benzene rings is 3. The van der Waals surface area contributed by atoms with Crippen LogP contribution in [0.3, 0.4) is 0 Å². The zero-order chi connectivity index (χ0) is 21.3. The van der Waals surface area contributed by atoms with E-state index in [-0.39, 0.29) is 12.4 Å². The van der Waals surface area contributed by atoms with Crippen molar-refractivity contribution in [1.29, 1.82) is 0 Å². The van der Waals surface area contributed by atoms with Crippen molar-refractivity contribution in [1.82, 2.24) is 5.32 Å². The van der Waals surface area contributed by atoms with Gasteiger partial charge in [-0.05, 0) is 55.5 Å². The van der Waals surface area contributed by atoms with Crippen LogP contribution in [0, 0.1) is 6.92 Å². The van der Waals surface area contributed by atoms with Gasteiger partial charge >= 0.3 is 0 Å². The van der Waals surface area contributed by atoms with Crippen LogP contribution in [-0.2, 0) is 19.6 Å². The minimum atomic E-state index is 0. The molecule has 3 nitrogen and oxygen atoms in total. The summed E-state index contributed by atoms with van der Waals surface area (Å²) in [7, 11) is 1.64. The van der Waals surface area contributed by atoms with Crippen LogP contribution in [0.5, 0.6) is 11.5 Å². The highest BCUT2D eigenvalue weighted by atomic mass is 35.5. The van der Waals surface area contributed by atoms with Gasteiger partial charge in [-0.15, -0.1) is 12.4 Å². The van der Waals surface area contributed by atoms with Gasteiger partial charge in [0.1, 0.15) is 6.61 Å². The summed E-state index contributed by atoms with van der Waals surface area (Å²) >= 11 is 6.53. The van der Waals surface area contributed by atoms with Gasteiger partial charge in [-0.2, -0.15) is 0 Å². The van der Waals surface area contributed by atoms with Gasteiger partial charge in [0, 0.05) is 12.6 Å². The average Bonchev–Trinajstić information content (AvgIpc) is 2.77. The minimum Gasteiger partial charge on any atom is -0.493 e. The van der Waals surface area contributed by atoms with Gasteiger partial charge in [0.05, 0.1) is 12.1 Å². The number of hydrogen-bond donors (Lipinski definition) is 1. The summed E-state index contributed by atoms with van der Waals surface area (Å²) in [5.74, 6) is 1.24. The largest absolute Gasteiger partial charge is 0.493 e. The van der Waals surface area contributed by atoms with Crippen LogP contribution < -0.4 is 14.8 Å². The third-order valence-electron chi connectivity index (χ3n) is 5.16. The van der Waals surface area contributed by atoms with Crippen molar-refractivity contribution in [2.24, 2.45) is 0 Å². The molecule has 3 aromatic carbocycles. The monoisotopic (exact) mass is 459 g/mol. The lowest BCUT2D eigenvalue weighted by atomic mass is 10.1. The first kappa shape index (κ1) is 25.1. The molecule has 0 aliphatic rings. The predicted octanol–water partition coefficient (Wildman–Crippen LogP) is 6.77. The molecule has 0 heterocycles. The van der Waals surface area contributed by atoms with E-state index in [1.807, 2.05) is 12.1 Å². The SMILES string of the molecule is COc1cc(CNC(C)CCc2ccccc2)cc(Cl)c1OCc1ccc(C)cc1.Cl. The van der Waals surface area contributed by atoms with Gasteiger partial charge in [0.15, 0.2) is 11.5 Å². The first-order valence-corrected chi connectivity index (χ1v) is 10.7. The molecule has 0 aliphatic heterocycles. The molecule has 0 radical (unpaired) electrons. The molecule has 0 aromatic heterocycles. The zero-order valence-electron chi connectivity index (χ0n) is 18.4. The Balaban J connectivity index is 0.00000341. The Bertz CT molecular complexity index is 930. The van der Waals surface area contributed by atoms with Crippen molar-refractivity contribution in [3.05, 3.63) is 94.0 Å². The molecule has 166 valence electrons. The Hall–Kier alpha value is -2.20. The summed E-state index contributed by atoms with van der Waals surface area (Å²) in [5.41, 5.74) is 4.76.